The van der Waals surface area contributed by atoms with Gasteiger partial charge in [0.25, 0.3) is 0 Å². The van der Waals surface area contributed by atoms with Crippen molar-refractivity contribution in [2.75, 3.05) is 0 Å². The number of carboxylic acids is 1. The molecule has 0 aliphatic heterocycles. The third-order valence-corrected chi connectivity index (χ3v) is 1.91. The summed E-state index contributed by atoms with van der Waals surface area (Å²) in [6.45, 7) is 2.79. The van der Waals surface area contributed by atoms with Crippen molar-refractivity contribution in [2.24, 2.45) is 5.73 Å². The van der Waals surface area contributed by atoms with Crippen molar-refractivity contribution in [3.05, 3.63) is 35.4 Å². The van der Waals surface area contributed by atoms with Crippen LogP contribution in [0.2, 0.25) is 0 Å². The van der Waals surface area contributed by atoms with Crippen molar-refractivity contribution in [2.45, 2.75) is 26.1 Å². The minimum atomic E-state index is -5.08. The third-order valence-electron chi connectivity index (χ3n) is 1.91. The van der Waals surface area contributed by atoms with Crippen LogP contribution in [0.3, 0.4) is 0 Å². The highest BCUT2D eigenvalue weighted by molar-refractivity contribution is 5.73. The zero-order chi connectivity index (χ0) is 13.5. The van der Waals surface area contributed by atoms with E-state index in [-0.39, 0.29) is 0 Å². The van der Waals surface area contributed by atoms with E-state index in [0.717, 1.165) is 6.42 Å². The molecular weight excluding hydrogens is 235 g/mol. The highest BCUT2D eigenvalue weighted by Crippen LogP contribution is 2.13. The number of rotatable bonds is 2. The molecule has 0 atom stereocenters. The van der Waals surface area contributed by atoms with Gasteiger partial charge in [0.05, 0.1) is 0 Å². The van der Waals surface area contributed by atoms with Gasteiger partial charge in [-0.3, -0.25) is 0 Å². The highest BCUT2D eigenvalue weighted by Gasteiger charge is 2.38. The Morgan fingerprint density at radius 3 is 1.82 bits per heavy atom. The zero-order valence-corrected chi connectivity index (χ0v) is 9.29. The first-order valence-corrected chi connectivity index (χ1v) is 4.89. The maximum atomic E-state index is 10.6. The van der Waals surface area contributed by atoms with Crippen molar-refractivity contribution in [1.29, 1.82) is 0 Å². The molecule has 0 aromatic heterocycles. The summed E-state index contributed by atoms with van der Waals surface area (Å²) in [6.07, 6.45) is -3.98. The Labute approximate surface area is 97.1 Å². The second-order valence-electron chi connectivity index (χ2n) is 3.18. The maximum Gasteiger partial charge on any atom is 0.490 e. The molecule has 0 saturated carbocycles. The summed E-state index contributed by atoms with van der Waals surface area (Å²) in [7, 11) is 0. The summed E-state index contributed by atoms with van der Waals surface area (Å²) in [6, 6.07) is 8.42. The number of aliphatic carboxylic acids is 1. The van der Waals surface area contributed by atoms with Crippen molar-refractivity contribution in [3.63, 3.8) is 0 Å². The quantitative estimate of drug-likeness (QED) is 0.845. The molecule has 0 saturated heterocycles. The van der Waals surface area contributed by atoms with Crippen molar-refractivity contribution in [3.8, 4) is 0 Å². The molecule has 0 heterocycles. The summed E-state index contributed by atoms with van der Waals surface area (Å²) >= 11 is 0. The minimum Gasteiger partial charge on any atom is -0.475 e. The van der Waals surface area contributed by atoms with Gasteiger partial charge in [-0.05, 0) is 17.5 Å². The van der Waals surface area contributed by atoms with E-state index in [1.54, 1.807) is 0 Å². The topological polar surface area (TPSA) is 63.3 Å². The van der Waals surface area contributed by atoms with Gasteiger partial charge in [0.2, 0.25) is 0 Å². The lowest BCUT2D eigenvalue weighted by Gasteiger charge is -1.97. The van der Waals surface area contributed by atoms with Crippen LogP contribution in [0.25, 0.3) is 0 Å². The van der Waals surface area contributed by atoms with Crippen LogP contribution in [0.1, 0.15) is 18.1 Å². The minimum absolute atomic E-state index is 0.643. The number of carbonyl (C=O) groups is 1. The summed E-state index contributed by atoms with van der Waals surface area (Å²) in [5, 5.41) is 7.12. The van der Waals surface area contributed by atoms with Crippen molar-refractivity contribution in [1.82, 2.24) is 0 Å². The number of alkyl halides is 3. The van der Waals surface area contributed by atoms with Gasteiger partial charge >= 0.3 is 12.1 Å². The fourth-order valence-corrected chi connectivity index (χ4v) is 0.911. The molecule has 3 N–H and O–H groups in total. The van der Waals surface area contributed by atoms with E-state index < -0.39 is 12.1 Å². The van der Waals surface area contributed by atoms with Gasteiger partial charge in [-0.1, -0.05) is 31.2 Å². The van der Waals surface area contributed by atoms with E-state index in [2.05, 4.69) is 31.2 Å². The Kier molecular flexibility index (Phi) is 6.27. The highest BCUT2D eigenvalue weighted by atomic mass is 19.4. The van der Waals surface area contributed by atoms with E-state index >= 15 is 0 Å². The Bertz CT molecular complexity index is 324. The van der Waals surface area contributed by atoms with Crippen molar-refractivity contribution >= 4 is 5.97 Å². The van der Waals surface area contributed by atoms with E-state index in [4.69, 9.17) is 15.6 Å². The standard InChI is InChI=1S/C9H13N.C2HF3O2/c1-2-8-3-5-9(7-10)6-4-8;3-2(4,5)1(6)7/h3-6H,2,7,10H2,1H3;(H,6,7). The first kappa shape index (κ1) is 15.4. The molecule has 0 unspecified atom stereocenters. The zero-order valence-electron chi connectivity index (χ0n) is 9.29. The predicted octanol–water partition coefficient (Wildman–Crippen LogP) is 2.34. The van der Waals surface area contributed by atoms with E-state index in [0.29, 0.717) is 6.54 Å². The number of carboxylic acid groups (broad SMARTS) is 1. The molecule has 17 heavy (non-hydrogen) atoms. The van der Waals surface area contributed by atoms with Gasteiger partial charge in [-0.2, -0.15) is 13.2 Å². The van der Waals surface area contributed by atoms with Crippen LogP contribution in [0.15, 0.2) is 24.3 Å². The van der Waals surface area contributed by atoms with Gasteiger partial charge in [0, 0.05) is 6.54 Å². The SMILES string of the molecule is CCc1ccc(CN)cc1.O=C(O)C(F)(F)F. The fourth-order valence-electron chi connectivity index (χ4n) is 0.911. The molecule has 96 valence electrons. The smallest absolute Gasteiger partial charge is 0.475 e. The number of aryl methyl sites for hydroxylation is 1. The molecule has 0 aliphatic carbocycles. The molecule has 6 heteroatoms. The van der Waals surface area contributed by atoms with E-state index in [1.165, 1.54) is 11.1 Å². The van der Waals surface area contributed by atoms with Gasteiger partial charge in [-0.15, -0.1) is 0 Å². The van der Waals surface area contributed by atoms with Gasteiger partial charge in [-0.25, -0.2) is 4.79 Å². The van der Waals surface area contributed by atoms with Crippen LogP contribution < -0.4 is 5.73 Å². The lowest BCUT2D eigenvalue weighted by atomic mass is 10.1. The molecule has 1 rings (SSSR count). The number of hydrogen-bond acceptors (Lipinski definition) is 2. The second-order valence-corrected chi connectivity index (χ2v) is 3.18. The fraction of sp³-hybridized carbons (Fsp3) is 0.364. The van der Waals surface area contributed by atoms with Crippen LogP contribution in [-0.4, -0.2) is 17.3 Å². The van der Waals surface area contributed by atoms with Crippen LogP contribution in [0.4, 0.5) is 13.2 Å². The number of benzene rings is 1. The summed E-state index contributed by atoms with van der Waals surface area (Å²) < 4.78 is 31.7. The van der Waals surface area contributed by atoms with E-state index in [1.807, 2.05) is 0 Å². The number of halogens is 3. The van der Waals surface area contributed by atoms with Gasteiger partial charge in [0.15, 0.2) is 0 Å². The summed E-state index contributed by atoms with van der Waals surface area (Å²) in [5.41, 5.74) is 8.02. The average Bonchev–Trinajstić information content (AvgIpc) is 2.28. The average molecular weight is 249 g/mol. The molecule has 0 spiro atoms. The maximum absolute atomic E-state index is 10.6. The number of hydrogen-bond donors (Lipinski definition) is 2. The van der Waals surface area contributed by atoms with Crippen LogP contribution in [-0.2, 0) is 17.8 Å². The van der Waals surface area contributed by atoms with Gasteiger partial charge in [0.1, 0.15) is 0 Å². The van der Waals surface area contributed by atoms with Crippen molar-refractivity contribution < 1.29 is 23.1 Å². The van der Waals surface area contributed by atoms with Crippen LogP contribution in [0, 0.1) is 0 Å². The molecule has 0 aliphatic rings. The Balaban J connectivity index is 0.000000325. The second kappa shape index (κ2) is 6.90. The molecule has 3 nitrogen and oxygen atoms in total. The lowest BCUT2D eigenvalue weighted by molar-refractivity contribution is -0.192. The molecule has 0 amide bonds. The molecule has 0 bridgehead atoms. The molecule has 1 aromatic carbocycles. The van der Waals surface area contributed by atoms with Crippen LogP contribution >= 0.6 is 0 Å². The van der Waals surface area contributed by atoms with Crippen LogP contribution in [0.5, 0.6) is 0 Å². The van der Waals surface area contributed by atoms with Gasteiger partial charge < -0.3 is 10.8 Å². The Hall–Kier alpha value is -1.56. The molecular formula is C11H14F3NO2. The predicted molar refractivity (Wildman–Crippen MR) is 57.4 cm³/mol. The molecule has 0 fully saturated rings. The third kappa shape index (κ3) is 6.57. The summed E-state index contributed by atoms with van der Waals surface area (Å²) in [4.78, 5) is 8.90. The Morgan fingerprint density at radius 2 is 1.59 bits per heavy atom. The summed E-state index contributed by atoms with van der Waals surface area (Å²) in [5.74, 6) is -2.76. The first-order valence-electron chi connectivity index (χ1n) is 4.89. The Morgan fingerprint density at radius 1 is 1.24 bits per heavy atom. The normalized spacial score (nSPS) is 10.4. The lowest BCUT2D eigenvalue weighted by Crippen LogP contribution is -2.21. The monoisotopic (exact) mass is 249 g/mol. The molecule has 1 aromatic rings. The largest absolute Gasteiger partial charge is 0.490 e. The molecule has 0 radical (unpaired) electrons. The first-order chi connectivity index (χ1) is 7.81. The number of nitrogens with two attached hydrogens (primary N) is 1. The van der Waals surface area contributed by atoms with E-state index in [9.17, 15) is 13.2 Å².